The van der Waals surface area contributed by atoms with Crippen molar-refractivity contribution >= 4 is 11.9 Å². The van der Waals surface area contributed by atoms with Crippen molar-refractivity contribution < 1.29 is 28.6 Å². The molecule has 0 saturated carbocycles. The van der Waals surface area contributed by atoms with Crippen LogP contribution < -0.4 is 14.8 Å². The second-order valence-electron chi connectivity index (χ2n) is 5.72. The molecule has 0 unspecified atom stereocenters. The van der Waals surface area contributed by atoms with E-state index in [1.54, 1.807) is 31.2 Å². The Kier molecular flexibility index (Phi) is 7.61. The average molecular weight is 375 g/mol. The van der Waals surface area contributed by atoms with Crippen LogP contribution in [-0.2, 0) is 11.3 Å². The number of rotatable bonds is 10. The van der Waals surface area contributed by atoms with E-state index in [9.17, 15) is 14.0 Å². The Morgan fingerprint density at radius 2 is 1.85 bits per heavy atom. The SMILES string of the molecule is CCOc1c(F)cccc1C(=O)NCc1ccc(OCCCC(=O)O)cc1. The zero-order chi connectivity index (χ0) is 19.6. The standard InChI is InChI=1S/C20H22FNO5/c1-2-26-19-16(5-3-6-17(19)21)20(25)22-13-14-8-10-15(11-9-14)27-12-4-7-18(23)24/h3,5-6,8-11H,2,4,7,12-13H2,1H3,(H,22,25)(H,23,24). The number of para-hydroxylation sites is 1. The Morgan fingerprint density at radius 3 is 2.52 bits per heavy atom. The maximum absolute atomic E-state index is 13.8. The minimum Gasteiger partial charge on any atom is -0.494 e. The van der Waals surface area contributed by atoms with Gasteiger partial charge in [-0.1, -0.05) is 18.2 Å². The molecule has 1 amide bonds. The van der Waals surface area contributed by atoms with Gasteiger partial charge >= 0.3 is 5.97 Å². The number of carbonyl (C=O) groups excluding carboxylic acids is 1. The first-order valence-corrected chi connectivity index (χ1v) is 8.64. The second kappa shape index (κ2) is 10.2. The van der Waals surface area contributed by atoms with Gasteiger partial charge in [-0.25, -0.2) is 4.39 Å². The predicted octanol–water partition coefficient (Wildman–Crippen LogP) is 3.40. The fourth-order valence-electron chi connectivity index (χ4n) is 2.37. The summed E-state index contributed by atoms with van der Waals surface area (Å²) < 4.78 is 24.5. The molecule has 0 atom stereocenters. The molecular formula is C20H22FNO5. The molecule has 0 bridgehead atoms. The molecule has 0 aliphatic carbocycles. The maximum atomic E-state index is 13.8. The number of benzene rings is 2. The van der Waals surface area contributed by atoms with Crippen LogP contribution in [0.1, 0.15) is 35.7 Å². The first kappa shape index (κ1) is 20.2. The molecule has 0 saturated heterocycles. The number of hydrogen-bond acceptors (Lipinski definition) is 4. The van der Waals surface area contributed by atoms with Gasteiger partial charge in [-0.05, 0) is 43.2 Å². The summed E-state index contributed by atoms with van der Waals surface area (Å²) in [5.41, 5.74) is 0.992. The number of nitrogens with one attached hydrogen (secondary N) is 1. The molecule has 0 aliphatic rings. The normalized spacial score (nSPS) is 10.3. The highest BCUT2D eigenvalue weighted by Crippen LogP contribution is 2.22. The first-order valence-electron chi connectivity index (χ1n) is 8.64. The molecule has 0 heterocycles. The summed E-state index contributed by atoms with van der Waals surface area (Å²) in [6, 6.07) is 11.3. The minimum absolute atomic E-state index is 0.0531. The monoisotopic (exact) mass is 375 g/mol. The molecule has 6 nitrogen and oxygen atoms in total. The van der Waals surface area contributed by atoms with E-state index in [-0.39, 0.29) is 30.9 Å². The molecule has 0 fully saturated rings. The van der Waals surface area contributed by atoms with Crippen molar-refractivity contribution in [3.8, 4) is 11.5 Å². The van der Waals surface area contributed by atoms with Gasteiger partial charge in [-0.15, -0.1) is 0 Å². The second-order valence-corrected chi connectivity index (χ2v) is 5.72. The maximum Gasteiger partial charge on any atom is 0.303 e. The van der Waals surface area contributed by atoms with Crippen LogP contribution >= 0.6 is 0 Å². The summed E-state index contributed by atoms with van der Waals surface area (Å²) in [7, 11) is 0. The van der Waals surface area contributed by atoms with E-state index in [0.29, 0.717) is 18.8 Å². The van der Waals surface area contributed by atoms with E-state index in [0.717, 1.165) is 5.56 Å². The van der Waals surface area contributed by atoms with Crippen molar-refractivity contribution in [3.63, 3.8) is 0 Å². The van der Waals surface area contributed by atoms with Gasteiger partial charge in [0.2, 0.25) is 0 Å². The number of hydrogen-bond donors (Lipinski definition) is 2. The molecule has 2 aromatic rings. The van der Waals surface area contributed by atoms with Gasteiger partial charge in [-0.2, -0.15) is 0 Å². The quantitative estimate of drug-likeness (QED) is 0.622. The van der Waals surface area contributed by atoms with Crippen molar-refractivity contribution in [1.82, 2.24) is 5.32 Å². The third-order valence-electron chi connectivity index (χ3n) is 3.68. The summed E-state index contributed by atoms with van der Waals surface area (Å²) in [6.07, 6.45) is 0.497. The Labute approximate surface area is 156 Å². The third-order valence-corrected chi connectivity index (χ3v) is 3.68. The van der Waals surface area contributed by atoms with Gasteiger partial charge in [0.05, 0.1) is 18.8 Å². The van der Waals surface area contributed by atoms with E-state index in [1.807, 2.05) is 0 Å². The Balaban J connectivity index is 1.88. The number of aliphatic carboxylic acids is 1. The van der Waals surface area contributed by atoms with E-state index in [1.165, 1.54) is 18.2 Å². The van der Waals surface area contributed by atoms with Gasteiger partial charge < -0.3 is 19.9 Å². The number of ether oxygens (including phenoxy) is 2. The van der Waals surface area contributed by atoms with E-state index < -0.39 is 17.7 Å². The highest BCUT2D eigenvalue weighted by atomic mass is 19.1. The molecule has 7 heteroatoms. The van der Waals surface area contributed by atoms with Gasteiger partial charge in [0.25, 0.3) is 5.91 Å². The van der Waals surface area contributed by atoms with Crippen LogP contribution in [0, 0.1) is 5.82 Å². The highest BCUT2D eigenvalue weighted by Gasteiger charge is 2.16. The van der Waals surface area contributed by atoms with E-state index in [4.69, 9.17) is 14.6 Å². The largest absolute Gasteiger partial charge is 0.494 e. The first-order chi connectivity index (χ1) is 13.0. The van der Waals surface area contributed by atoms with E-state index >= 15 is 0 Å². The summed E-state index contributed by atoms with van der Waals surface area (Å²) >= 11 is 0. The molecular weight excluding hydrogens is 353 g/mol. The molecule has 2 N–H and O–H groups in total. The van der Waals surface area contributed by atoms with Crippen molar-refractivity contribution in [2.75, 3.05) is 13.2 Å². The lowest BCUT2D eigenvalue weighted by Crippen LogP contribution is -2.23. The Bertz CT molecular complexity index is 776. The predicted molar refractivity (Wildman–Crippen MR) is 97.5 cm³/mol. The van der Waals surface area contributed by atoms with Crippen LogP contribution in [-0.4, -0.2) is 30.2 Å². The number of halogens is 1. The van der Waals surface area contributed by atoms with Crippen molar-refractivity contribution in [2.24, 2.45) is 0 Å². The van der Waals surface area contributed by atoms with Crippen molar-refractivity contribution in [2.45, 2.75) is 26.3 Å². The van der Waals surface area contributed by atoms with Crippen molar-refractivity contribution in [1.29, 1.82) is 0 Å². The van der Waals surface area contributed by atoms with E-state index in [2.05, 4.69) is 5.32 Å². The Hall–Kier alpha value is -3.09. The van der Waals surface area contributed by atoms with Gasteiger partial charge in [-0.3, -0.25) is 9.59 Å². The number of carbonyl (C=O) groups is 2. The number of amides is 1. The fraction of sp³-hybridized carbons (Fsp3) is 0.300. The van der Waals surface area contributed by atoms with Gasteiger partial charge in [0, 0.05) is 13.0 Å². The lowest BCUT2D eigenvalue weighted by Gasteiger charge is -2.12. The molecule has 144 valence electrons. The Morgan fingerprint density at radius 1 is 1.11 bits per heavy atom. The molecule has 2 aromatic carbocycles. The number of carboxylic acids is 1. The molecule has 0 aromatic heterocycles. The lowest BCUT2D eigenvalue weighted by molar-refractivity contribution is -0.137. The van der Waals surface area contributed by atoms with Crippen molar-refractivity contribution in [3.05, 3.63) is 59.4 Å². The molecule has 0 radical (unpaired) electrons. The molecule has 0 aliphatic heterocycles. The van der Waals surface area contributed by atoms with Crippen LogP contribution in [0.25, 0.3) is 0 Å². The van der Waals surface area contributed by atoms with Gasteiger partial charge in [0.15, 0.2) is 11.6 Å². The smallest absolute Gasteiger partial charge is 0.303 e. The summed E-state index contributed by atoms with van der Waals surface area (Å²) in [4.78, 5) is 22.8. The summed E-state index contributed by atoms with van der Waals surface area (Å²) in [6.45, 7) is 2.57. The number of carboxylic acid groups (broad SMARTS) is 1. The molecule has 27 heavy (non-hydrogen) atoms. The van der Waals surface area contributed by atoms with Crippen LogP contribution in [0.2, 0.25) is 0 Å². The average Bonchev–Trinajstić information content (AvgIpc) is 2.66. The highest BCUT2D eigenvalue weighted by molar-refractivity contribution is 5.96. The minimum atomic E-state index is -0.851. The molecule has 0 spiro atoms. The topological polar surface area (TPSA) is 84.9 Å². The zero-order valence-corrected chi connectivity index (χ0v) is 15.0. The van der Waals surface area contributed by atoms with Crippen LogP contribution in [0.5, 0.6) is 11.5 Å². The van der Waals surface area contributed by atoms with Crippen LogP contribution in [0.15, 0.2) is 42.5 Å². The third kappa shape index (κ3) is 6.29. The summed E-state index contributed by atoms with van der Waals surface area (Å²) in [5, 5.41) is 11.3. The van der Waals surface area contributed by atoms with Crippen LogP contribution in [0.4, 0.5) is 4.39 Å². The lowest BCUT2D eigenvalue weighted by atomic mass is 10.1. The van der Waals surface area contributed by atoms with Gasteiger partial charge in [0.1, 0.15) is 5.75 Å². The molecule has 2 rings (SSSR count). The summed E-state index contributed by atoms with van der Waals surface area (Å²) in [5.74, 6) is -1.28. The van der Waals surface area contributed by atoms with Crippen LogP contribution in [0.3, 0.4) is 0 Å². The fourth-order valence-corrected chi connectivity index (χ4v) is 2.37. The zero-order valence-electron chi connectivity index (χ0n) is 15.0.